The molecule has 0 saturated heterocycles. The molecule has 0 aliphatic rings. The number of benzene rings is 1. The van der Waals surface area contributed by atoms with Crippen LogP contribution in [-0.4, -0.2) is 32.2 Å². The van der Waals surface area contributed by atoms with Gasteiger partial charge in [-0.15, -0.1) is 0 Å². The summed E-state index contributed by atoms with van der Waals surface area (Å²) >= 11 is 0. The Balaban J connectivity index is 0.000000384. The topological polar surface area (TPSA) is 96.8 Å². The van der Waals surface area contributed by atoms with Gasteiger partial charge in [0.25, 0.3) is 12.4 Å². The van der Waals surface area contributed by atoms with E-state index in [0.29, 0.717) is 31.1 Å². The summed E-state index contributed by atoms with van der Waals surface area (Å²) in [5.74, 6) is -0.480. The molecule has 0 aliphatic heterocycles. The van der Waals surface area contributed by atoms with Gasteiger partial charge in [-0.1, -0.05) is 11.6 Å². The molecule has 1 amide bonds. The van der Waals surface area contributed by atoms with Gasteiger partial charge in [0.05, 0.1) is 5.56 Å². The Bertz CT molecular complexity index is 410. The highest BCUT2D eigenvalue weighted by molar-refractivity contribution is 5.98. The summed E-state index contributed by atoms with van der Waals surface area (Å²) in [5.41, 5.74) is 12.4. The van der Waals surface area contributed by atoms with E-state index in [1.54, 1.807) is 12.1 Å². The number of carbonyl (C=O) groups excluding carboxylic acids is 1. The largest absolute Gasteiger partial charge is 0.398 e. The molecule has 0 radical (unpaired) electrons. The van der Waals surface area contributed by atoms with Crippen LogP contribution in [0, 0.1) is 6.92 Å². The number of amides is 1. The molecule has 0 unspecified atom stereocenters. The summed E-state index contributed by atoms with van der Waals surface area (Å²) in [4.78, 5) is 10.7. The molecule has 4 N–H and O–H groups in total. The highest BCUT2D eigenvalue weighted by Gasteiger charge is 2.05. The van der Waals surface area contributed by atoms with Gasteiger partial charge >= 0.3 is 0 Å². The van der Waals surface area contributed by atoms with Gasteiger partial charge in [0.2, 0.25) is 0 Å². The fourth-order valence-corrected chi connectivity index (χ4v) is 1.44. The summed E-state index contributed by atoms with van der Waals surface area (Å²) < 4.78 is 15.2. The number of nitrogens with two attached hydrogens (primary N) is 2. The number of hydrogen-bond donors (Lipinski definition) is 2. The van der Waals surface area contributed by atoms with E-state index in [4.69, 9.17) is 25.7 Å². The lowest BCUT2D eigenvalue weighted by atomic mass is 10.1. The number of primary amides is 1. The van der Waals surface area contributed by atoms with Crippen LogP contribution < -0.4 is 11.5 Å². The SMILES string of the molecule is CCOC(OCC)OCC.Cc1ccc(N)c(C(N)=O)c1. The van der Waals surface area contributed by atoms with Gasteiger partial charge in [-0.25, -0.2) is 0 Å². The third-order valence-electron chi connectivity index (χ3n) is 2.38. The normalized spacial score (nSPS) is 10.1. The summed E-state index contributed by atoms with van der Waals surface area (Å²) in [6.45, 7) is 8.98. The van der Waals surface area contributed by atoms with E-state index in [9.17, 15) is 4.79 Å². The van der Waals surface area contributed by atoms with Gasteiger partial charge in [0, 0.05) is 25.5 Å². The maximum absolute atomic E-state index is 10.7. The molecular formula is C15H26N2O4. The molecular weight excluding hydrogens is 272 g/mol. The lowest BCUT2D eigenvalue weighted by Gasteiger charge is -2.15. The number of aryl methyl sites for hydroxylation is 1. The molecule has 0 aromatic heterocycles. The van der Waals surface area contributed by atoms with Crippen LogP contribution in [0.5, 0.6) is 0 Å². The molecule has 1 rings (SSSR count). The Morgan fingerprint density at radius 3 is 1.90 bits per heavy atom. The van der Waals surface area contributed by atoms with Crippen molar-refractivity contribution >= 4 is 11.6 Å². The summed E-state index contributed by atoms with van der Waals surface area (Å²) in [6, 6.07) is 5.19. The Morgan fingerprint density at radius 1 is 1.10 bits per heavy atom. The van der Waals surface area contributed by atoms with Crippen molar-refractivity contribution in [1.29, 1.82) is 0 Å². The van der Waals surface area contributed by atoms with Gasteiger partial charge in [-0.2, -0.15) is 0 Å². The molecule has 0 heterocycles. The molecule has 120 valence electrons. The summed E-state index contributed by atoms with van der Waals surface area (Å²) in [6.07, 6.45) is 0. The number of ether oxygens (including phenoxy) is 3. The van der Waals surface area contributed by atoms with E-state index < -0.39 is 12.4 Å². The Hall–Kier alpha value is -1.63. The first-order valence-electron chi connectivity index (χ1n) is 6.96. The third kappa shape index (κ3) is 8.29. The number of anilines is 1. The molecule has 0 spiro atoms. The first-order chi connectivity index (χ1) is 9.96. The number of rotatable bonds is 7. The minimum absolute atomic E-state index is 0.394. The van der Waals surface area contributed by atoms with Crippen molar-refractivity contribution in [3.8, 4) is 0 Å². The molecule has 1 aromatic rings. The van der Waals surface area contributed by atoms with E-state index >= 15 is 0 Å². The maximum Gasteiger partial charge on any atom is 0.271 e. The van der Waals surface area contributed by atoms with Crippen molar-refractivity contribution < 1.29 is 19.0 Å². The molecule has 0 bridgehead atoms. The van der Waals surface area contributed by atoms with Crippen LogP contribution >= 0.6 is 0 Å². The van der Waals surface area contributed by atoms with Crippen LogP contribution in [0.25, 0.3) is 0 Å². The zero-order valence-electron chi connectivity index (χ0n) is 13.2. The zero-order valence-corrected chi connectivity index (χ0v) is 13.2. The quantitative estimate of drug-likeness (QED) is 0.593. The van der Waals surface area contributed by atoms with Gasteiger partial charge in [0.1, 0.15) is 0 Å². The van der Waals surface area contributed by atoms with Crippen LogP contribution in [0.1, 0.15) is 36.7 Å². The van der Waals surface area contributed by atoms with Crippen molar-refractivity contribution in [3.05, 3.63) is 29.3 Å². The molecule has 6 nitrogen and oxygen atoms in total. The molecule has 0 atom stereocenters. The minimum Gasteiger partial charge on any atom is -0.398 e. The molecule has 1 aromatic carbocycles. The summed E-state index contributed by atoms with van der Waals surface area (Å²) in [7, 11) is 0. The van der Waals surface area contributed by atoms with E-state index in [-0.39, 0.29) is 0 Å². The van der Waals surface area contributed by atoms with Crippen molar-refractivity contribution in [2.24, 2.45) is 5.73 Å². The minimum atomic E-state index is -0.480. The lowest BCUT2D eigenvalue weighted by molar-refractivity contribution is -0.282. The summed E-state index contributed by atoms with van der Waals surface area (Å²) in [5, 5.41) is 0. The third-order valence-corrected chi connectivity index (χ3v) is 2.38. The van der Waals surface area contributed by atoms with E-state index in [0.717, 1.165) is 5.56 Å². The molecule has 0 fully saturated rings. The first kappa shape index (κ1) is 19.4. The van der Waals surface area contributed by atoms with E-state index in [1.165, 1.54) is 0 Å². The standard InChI is InChI=1S/C8H10N2O.C7H16O3/c1-5-2-3-7(9)6(4-5)8(10)11;1-4-8-7(9-5-2)10-6-3/h2-4H,9H2,1H3,(H2,10,11);7H,4-6H2,1-3H3. The van der Waals surface area contributed by atoms with Crippen LogP contribution in [0.2, 0.25) is 0 Å². The second-order valence-corrected chi connectivity index (χ2v) is 4.11. The lowest BCUT2D eigenvalue weighted by Crippen LogP contribution is -2.20. The molecule has 0 aliphatic carbocycles. The fourth-order valence-electron chi connectivity index (χ4n) is 1.44. The van der Waals surface area contributed by atoms with E-state index in [2.05, 4.69) is 0 Å². The van der Waals surface area contributed by atoms with Gasteiger partial charge in [-0.3, -0.25) is 4.79 Å². The fraction of sp³-hybridized carbons (Fsp3) is 0.533. The smallest absolute Gasteiger partial charge is 0.271 e. The first-order valence-corrected chi connectivity index (χ1v) is 6.96. The average Bonchev–Trinajstić information content (AvgIpc) is 2.43. The van der Waals surface area contributed by atoms with Crippen molar-refractivity contribution in [3.63, 3.8) is 0 Å². The van der Waals surface area contributed by atoms with Crippen LogP contribution in [0.15, 0.2) is 18.2 Å². The van der Waals surface area contributed by atoms with Crippen molar-refractivity contribution in [2.45, 2.75) is 34.2 Å². The highest BCUT2D eigenvalue weighted by atomic mass is 16.8. The van der Waals surface area contributed by atoms with Crippen molar-refractivity contribution in [2.75, 3.05) is 25.6 Å². The molecule has 0 saturated carbocycles. The Morgan fingerprint density at radius 2 is 1.57 bits per heavy atom. The van der Waals surface area contributed by atoms with Crippen molar-refractivity contribution in [1.82, 2.24) is 0 Å². The highest BCUT2D eigenvalue weighted by Crippen LogP contribution is 2.12. The predicted octanol–water partition coefficient (Wildman–Crippen LogP) is 2.06. The Kier molecular flexibility index (Phi) is 10.2. The zero-order chi connectivity index (χ0) is 16.3. The number of nitrogen functional groups attached to an aromatic ring is 1. The monoisotopic (exact) mass is 298 g/mol. The average molecular weight is 298 g/mol. The number of hydrogen-bond acceptors (Lipinski definition) is 5. The second-order valence-electron chi connectivity index (χ2n) is 4.11. The Labute approximate surface area is 126 Å². The second kappa shape index (κ2) is 11.1. The number of carbonyl (C=O) groups is 1. The van der Waals surface area contributed by atoms with Gasteiger partial charge < -0.3 is 25.7 Å². The molecule has 21 heavy (non-hydrogen) atoms. The van der Waals surface area contributed by atoms with Crippen LogP contribution in [-0.2, 0) is 14.2 Å². The predicted molar refractivity (Wildman–Crippen MR) is 82.8 cm³/mol. The van der Waals surface area contributed by atoms with Crippen LogP contribution in [0.4, 0.5) is 5.69 Å². The van der Waals surface area contributed by atoms with Gasteiger partial charge in [-0.05, 0) is 39.8 Å². The van der Waals surface area contributed by atoms with Crippen LogP contribution in [0.3, 0.4) is 0 Å². The van der Waals surface area contributed by atoms with E-state index in [1.807, 2.05) is 33.8 Å². The maximum atomic E-state index is 10.7. The van der Waals surface area contributed by atoms with Gasteiger partial charge in [0.15, 0.2) is 0 Å². The molecule has 6 heteroatoms.